The topological polar surface area (TPSA) is 0 Å². The van der Waals surface area contributed by atoms with Crippen LogP contribution in [0.4, 0.5) is 0 Å². The zero-order valence-corrected chi connectivity index (χ0v) is 10.0. The highest BCUT2D eigenvalue weighted by Crippen LogP contribution is 2.43. The fourth-order valence-corrected chi connectivity index (χ4v) is 0.250. The second kappa shape index (κ2) is 9.09. The van der Waals surface area contributed by atoms with E-state index in [1.807, 2.05) is 0 Å². The van der Waals surface area contributed by atoms with Crippen molar-refractivity contribution in [1.82, 2.24) is 0 Å². The molecule has 1 rings (SSSR count). The van der Waals surface area contributed by atoms with Crippen molar-refractivity contribution in [3.05, 3.63) is 0 Å². The van der Waals surface area contributed by atoms with Gasteiger partial charge in [-0.05, 0) is 18.3 Å². The molecule has 0 aliphatic heterocycles. The van der Waals surface area contributed by atoms with E-state index in [0.717, 1.165) is 5.41 Å². The van der Waals surface area contributed by atoms with E-state index in [1.54, 1.807) is 0 Å². The minimum absolute atomic E-state index is 0.750. The van der Waals surface area contributed by atoms with Crippen molar-refractivity contribution in [2.45, 2.75) is 73.6 Å². The van der Waals surface area contributed by atoms with Crippen LogP contribution in [0.3, 0.4) is 0 Å². The fraction of sp³-hybridized carbons (Fsp3) is 1.00. The third-order valence-corrected chi connectivity index (χ3v) is 1.75. The maximum atomic E-state index is 2.30. The highest BCUT2D eigenvalue weighted by molar-refractivity contribution is 4.82. The first-order valence-electron chi connectivity index (χ1n) is 5.54. The Morgan fingerprint density at radius 2 is 1.00 bits per heavy atom. The minimum Gasteiger partial charge on any atom is -0.0656 e. The van der Waals surface area contributed by atoms with Gasteiger partial charge in [-0.1, -0.05) is 60.8 Å². The Morgan fingerprint density at radius 3 is 1.00 bits per heavy atom. The summed E-state index contributed by atoms with van der Waals surface area (Å²) in [6.45, 7) is 13.2. The largest absolute Gasteiger partial charge is 0.0656 e. The molecule has 0 saturated heterocycles. The van der Waals surface area contributed by atoms with Gasteiger partial charge in [0, 0.05) is 0 Å². The van der Waals surface area contributed by atoms with Crippen LogP contribution in [0.25, 0.3) is 0 Å². The normalized spacial score (nSPS) is 16.5. The molecule has 0 heterocycles. The van der Waals surface area contributed by atoms with Gasteiger partial charge in [0.25, 0.3) is 0 Å². The van der Waals surface area contributed by atoms with Gasteiger partial charge in [0.2, 0.25) is 0 Å². The highest BCUT2D eigenvalue weighted by Gasteiger charge is 2.30. The average molecular weight is 172 g/mol. The minimum atomic E-state index is 0.750. The van der Waals surface area contributed by atoms with Gasteiger partial charge >= 0.3 is 0 Å². The van der Waals surface area contributed by atoms with E-state index < -0.39 is 0 Å². The summed E-state index contributed by atoms with van der Waals surface area (Å²) in [4.78, 5) is 0. The van der Waals surface area contributed by atoms with Crippen LogP contribution in [-0.4, -0.2) is 0 Å². The molecule has 0 spiro atoms. The van der Waals surface area contributed by atoms with Crippen LogP contribution in [0, 0.1) is 5.41 Å². The van der Waals surface area contributed by atoms with Gasteiger partial charge in [-0.2, -0.15) is 0 Å². The molecule has 12 heavy (non-hydrogen) atoms. The third kappa shape index (κ3) is 22.5. The summed E-state index contributed by atoms with van der Waals surface area (Å²) in [6.07, 6.45) is 6.79. The molecular weight excluding hydrogens is 144 g/mol. The molecule has 76 valence electrons. The van der Waals surface area contributed by atoms with Gasteiger partial charge in [0.05, 0.1) is 0 Å². The predicted molar refractivity (Wildman–Crippen MR) is 59.6 cm³/mol. The molecule has 0 nitrogen and oxygen atoms in total. The van der Waals surface area contributed by atoms with E-state index in [2.05, 4.69) is 41.5 Å². The maximum Gasteiger partial charge on any atom is -0.0354 e. The lowest BCUT2D eigenvalue weighted by Gasteiger charge is -1.86. The Bertz CT molecular complexity index is 64.1. The quantitative estimate of drug-likeness (QED) is 0.520. The van der Waals surface area contributed by atoms with Crippen molar-refractivity contribution in [2.24, 2.45) is 5.41 Å². The van der Waals surface area contributed by atoms with E-state index in [4.69, 9.17) is 0 Å². The first-order valence-corrected chi connectivity index (χ1v) is 5.54. The summed E-state index contributed by atoms with van der Waals surface area (Å²) in [5, 5.41) is 0. The Morgan fingerprint density at radius 1 is 0.833 bits per heavy atom. The molecular formula is C12H28. The summed E-state index contributed by atoms with van der Waals surface area (Å²) < 4.78 is 0. The Hall–Kier alpha value is 0. The van der Waals surface area contributed by atoms with Crippen molar-refractivity contribution in [3.63, 3.8) is 0 Å². The molecule has 0 aromatic heterocycles. The summed E-state index contributed by atoms with van der Waals surface area (Å²) >= 11 is 0. The molecule has 0 atom stereocenters. The first kappa shape index (κ1) is 14.5. The third-order valence-electron chi connectivity index (χ3n) is 1.75. The van der Waals surface area contributed by atoms with Crippen LogP contribution in [0.15, 0.2) is 0 Å². The Balaban J connectivity index is 0. The molecule has 1 fully saturated rings. The molecule has 0 aromatic rings. The lowest BCUT2D eigenvalue weighted by atomic mass is 10.2. The molecule has 1 aliphatic carbocycles. The van der Waals surface area contributed by atoms with Crippen molar-refractivity contribution in [3.8, 4) is 0 Å². The van der Waals surface area contributed by atoms with Gasteiger partial charge in [0.15, 0.2) is 0 Å². The zero-order valence-electron chi connectivity index (χ0n) is 10.0. The Labute approximate surface area is 79.8 Å². The fourth-order valence-electron chi connectivity index (χ4n) is 0.250. The standard InChI is InChI=1S/C5H10.C4H10.C3H8/c1-5(2)3-4-5;1-3-4-2;1-3-2/h3-4H2,1-2H3;3-4H2,1-2H3;3H2,1-2H3. The molecule has 0 heteroatoms. The van der Waals surface area contributed by atoms with Crippen LogP contribution >= 0.6 is 0 Å². The van der Waals surface area contributed by atoms with Gasteiger partial charge in [0.1, 0.15) is 0 Å². The van der Waals surface area contributed by atoms with Crippen LogP contribution < -0.4 is 0 Å². The van der Waals surface area contributed by atoms with E-state index in [1.165, 1.54) is 32.1 Å². The lowest BCUT2D eigenvalue weighted by Crippen LogP contribution is -1.75. The van der Waals surface area contributed by atoms with Gasteiger partial charge in [-0.15, -0.1) is 0 Å². The first-order chi connectivity index (χ1) is 5.54. The number of unbranched alkanes of at least 4 members (excludes halogenated alkanes) is 1. The summed E-state index contributed by atoms with van der Waals surface area (Å²) in [5.74, 6) is 0. The molecule has 0 unspecified atom stereocenters. The van der Waals surface area contributed by atoms with E-state index >= 15 is 0 Å². The summed E-state index contributed by atoms with van der Waals surface area (Å²) in [7, 11) is 0. The monoisotopic (exact) mass is 172 g/mol. The van der Waals surface area contributed by atoms with Crippen LogP contribution in [0.1, 0.15) is 73.6 Å². The highest BCUT2D eigenvalue weighted by atomic mass is 14.4. The second-order valence-electron chi connectivity index (χ2n) is 4.37. The molecule has 0 N–H and O–H groups in total. The van der Waals surface area contributed by atoms with E-state index in [9.17, 15) is 0 Å². The molecule has 1 aliphatic rings. The number of hydrogen-bond donors (Lipinski definition) is 0. The lowest BCUT2D eigenvalue weighted by molar-refractivity contribution is 0.653. The van der Waals surface area contributed by atoms with Crippen molar-refractivity contribution >= 4 is 0 Å². The Kier molecular flexibility index (Phi) is 11.0. The molecule has 0 radical (unpaired) electrons. The molecule has 0 aromatic carbocycles. The zero-order chi connectivity index (χ0) is 10.0. The van der Waals surface area contributed by atoms with Crippen molar-refractivity contribution in [1.29, 1.82) is 0 Å². The maximum absolute atomic E-state index is 2.30. The van der Waals surface area contributed by atoms with Gasteiger partial charge < -0.3 is 0 Å². The summed E-state index contributed by atoms with van der Waals surface area (Å²) in [6, 6.07) is 0. The molecule has 0 amide bonds. The molecule has 0 bridgehead atoms. The van der Waals surface area contributed by atoms with Gasteiger partial charge in [-0.3, -0.25) is 0 Å². The van der Waals surface area contributed by atoms with Crippen molar-refractivity contribution < 1.29 is 0 Å². The van der Waals surface area contributed by atoms with Crippen LogP contribution in [0.2, 0.25) is 0 Å². The average Bonchev–Trinajstić information content (AvgIpc) is 2.68. The SMILES string of the molecule is CC1(C)CC1.CCC.CCCC. The smallest absolute Gasteiger partial charge is 0.0354 e. The van der Waals surface area contributed by atoms with E-state index in [-0.39, 0.29) is 0 Å². The predicted octanol–water partition coefficient (Wildman–Crippen LogP) is 5.03. The second-order valence-corrected chi connectivity index (χ2v) is 4.37. The summed E-state index contributed by atoms with van der Waals surface area (Å²) in [5.41, 5.74) is 0.750. The van der Waals surface area contributed by atoms with E-state index in [0.29, 0.717) is 0 Å². The van der Waals surface area contributed by atoms with Gasteiger partial charge in [-0.25, -0.2) is 0 Å². The van der Waals surface area contributed by atoms with Crippen LogP contribution in [-0.2, 0) is 0 Å². The number of rotatable bonds is 1. The number of hydrogen-bond acceptors (Lipinski definition) is 0. The van der Waals surface area contributed by atoms with Crippen molar-refractivity contribution in [2.75, 3.05) is 0 Å². The molecule has 1 saturated carbocycles. The van der Waals surface area contributed by atoms with Crippen LogP contribution in [0.5, 0.6) is 0 Å².